The molecule has 0 radical (unpaired) electrons. The molecule has 0 saturated heterocycles. The molecule has 1 aromatic carbocycles. The molecule has 0 saturated carbocycles. The highest BCUT2D eigenvalue weighted by Gasteiger charge is 2.21. The summed E-state index contributed by atoms with van der Waals surface area (Å²) in [4.78, 5) is 0. The molecule has 2 rings (SSSR count). The van der Waals surface area contributed by atoms with Gasteiger partial charge in [0.05, 0.1) is 5.56 Å². The number of nitrogens with zero attached hydrogens (tertiary/aromatic N) is 2. The SMILES string of the molecule is Nc1nnc(-c2cc(F)c(F)c(F)c2F)s1. The molecule has 0 unspecified atom stereocenters. The maximum atomic E-state index is 13.3. The van der Waals surface area contributed by atoms with Crippen molar-refractivity contribution in [1.82, 2.24) is 10.2 Å². The Kier molecular flexibility index (Phi) is 2.50. The quantitative estimate of drug-likeness (QED) is 0.479. The fourth-order valence-corrected chi connectivity index (χ4v) is 1.69. The summed E-state index contributed by atoms with van der Waals surface area (Å²) in [5, 5.41) is 6.66. The number of rotatable bonds is 1. The normalized spacial score (nSPS) is 10.8. The van der Waals surface area contributed by atoms with E-state index in [9.17, 15) is 17.6 Å². The van der Waals surface area contributed by atoms with Crippen LogP contribution in [-0.4, -0.2) is 10.2 Å². The van der Waals surface area contributed by atoms with E-state index in [1.807, 2.05) is 0 Å². The Bertz CT molecular complexity index is 554. The fourth-order valence-electron chi connectivity index (χ4n) is 1.07. The van der Waals surface area contributed by atoms with Gasteiger partial charge in [-0.05, 0) is 6.07 Å². The lowest BCUT2D eigenvalue weighted by Gasteiger charge is -2.01. The molecule has 0 aliphatic heterocycles. The Hall–Kier alpha value is -1.70. The van der Waals surface area contributed by atoms with Crippen molar-refractivity contribution in [1.29, 1.82) is 0 Å². The zero-order chi connectivity index (χ0) is 11.9. The van der Waals surface area contributed by atoms with Crippen LogP contribution in [0.1, 0.15) is 0 Å². The molecule has 0 fully saturated rings. The molecule has 8 heteroatoms. The molecule has 1 heterocycles. The van der Waals surface area contributed by atoms with E-state index in [1.165, 1.54) is 0 Å². The third-order valence-electron chi connectivity index (χ3n) is 1.77. The molecule has 0 spiro atoms. The van der Waals surface area contributed by atoms with Crippen molar-refractivity contribution in [2.45, 2.75) is 0 Å². The van der Waals surface area contributed by atoms with Crippen molar-refractivity contribution < 1.29 is 17.6 Å². The first-order valence-corrected chi connectivity index (χ1v) is 4.74. The first-order valence-electron chi connectivity index (χ1n) is 3.93. The van der Waals surface area contributed by atoms with Crippen molar-refractivity contribution in [3.8, 4) is 10.6 Å². The summed E-state index contributed by atoms with van der Waals surface area (Å²) in [6.07, 6.45) is 0. The molecule has 3 nitrogen and oxygen atoms in total. The fraction of sp³-hybridized carbons (Fsp3) is 0. The standard InChI is InChI=1S/C8H3F4N3S/c9-3-1-2(4(10)6(12)5(3)11)7-14-15-8(13)16-7/h1H,(H2,13,15). The van der Waals surface area contributed by atoms with Crippen molar-refractivity contribution in [3.63, 3.8) is 0 Å². The van der Waals surface area contributed by atoms with E-state index in [2.05, 4.69) is 10.2 Å². The van der Waals surface area contributed by atoms with Crippen LogP contribution in [0.25, 0.3) is 10.6 Å². The van der Waals surface area contributed by atoms with Crippen molar-refractivity contribution in [2.24, 2.45) is 0 Å². The van der Waals surface area contributed by atoms with E-state index in [-0.39, 0.29) is 10.1 Å². The Morgan fingerprint density at radius 2 is 1.69 bits per heavy atom. The summed E-state index contributed by atoms with van der Waals surface area (Å²) in [7, 11) is 0. The van der Waals surface area contributed by atoms with Crippen LogP contribution >= 0.6 is 11.3 Å². The van der Waals surface area contributed by atoms with Gasteiger partial charge in [-0.25, -0.2) is 17.6 Å². The van der Waals surface area contributed by atoms with Gasteiger partial charge in [0.2, 0.25) is 5.13 Å². The molecule has 2 aromatic rings. The first-order chi connectivity index (χ1) is 7.50. The summed E-state index contributed by atoms with van der Waals surface area (Å²) in [6, 6.07) is 0.508. The van der Waals surface area contributed by atoms with Crippen molar-refractivity contribution in [3.05, 3.63) is 29.3 Å². The van der Waals surface area contributed by atoms with Gasteiger partial charge in [0.15, 0.2) is 28.3 Å². The predicted octanol–water partition coefficient (Wildman–Crippen LogP) is 2.34. The van der Waals surface area contributed by atoms with Gasteiger partial charge < -0.3 is 5.73 Å². The van der Waals surface area contributed by atoms with Crippen LogP contribution in [0, 0.1) is 23.3 Å². The summed E-state index contributed by atoms with van der Waals surface area (Å²) in [5.74, 6) is -6.76. The molecular weight excluding hydrogens is 246 g/mol. The Labute approximate surface area is 90.5 Å². The van der Waals surface area contributed by atoms with Gasteiger partial charge in [0.25, 0.3) is 0 Å². The van der Waals surface area contributed by atoms with Gasteiger partial charge >= 0.3 is 0 Å². The Morgan fingerprint density at radius 1 is 1.00 bits per heavy atom. The smallest absolute Gasteiger partial charge is 0.203 e. The van der Waals surface area contributed by atoms with Gasteiger partial charge in [-0.3, -0.25) is 0 Å². The number of nitrogen functional groups attached to an aromatic ring is 1. The number of anilines is 1. The highest BCUT2D eigenvalue weighted by atomic mass is 32.1. The molecule has 0 aliphatic carbocycles. The number of hydrogen-bond donors (Lipinski definition) is 1. The maximum absolute atomic E-state index is 13.3. The van der Waals surface area contributed by atoms with Crippen molar-refractivity contribution in [2.75, 3.05) is 5.73 Å². The van der Waals surface area contributed by atoms with Crippen LogP contribution in [0.15, 0.2) is 6.07 Å². The molecule has 0 bridgehead atoms. The van der Waals surface area contributed by atoms with E-state index in [1.54, 1.807) is 0 Å². The number of benzene rings is 1. The van der Waals surface area contributed by atoms with Gasteiger partial charge in [-0.1, -0.05) is 11.3 Å². The number of aromatic nitrogens is 2. The largest absolute Gasteiger partial charge is 0.374 e. The van der Waals surface area contributed by atoms with E-state index >= 15 is 0 Å². The van der Waals surface area contributed by atoms with Gasteiger partial charge in [0.1, 0.15) is 0 Å². The summed E-state index contributed by atoms with van der Waals surface area (Å²) in [6.45, 7) is 0. The molecule has 2 N–H and O–H groups in total. The lowest BCUT2D eigenvalue weighted by Crippen LogP contribution is -1.98. The average molecular weight is 249 g/mol. The summed E-state index contributed by atoms with van der Waals surface area (Å²) >= 11 is 0.738. The van der Waals surface area contributed by atoms with Crippen LogP contribution in [0.5, 0.6) is 0 Å². The van der Waals surface area contributed by atoms with Crippen molar-refractivity contribution >= 4 is 16.5 Å². The summed E-state index contributed by atoms with van der Waals surface area (Å²) in [5.41, 5.74) is 4.72. The second kappa shape index (κ2) is 3.71. The lowest BCUT2D eigenvalue weighted by atomic mass is 10.2. The maximum Gasteiger partial charge on any atom is 0.203 e. The van der Waals surface area contributed by atoms with Gasteiger partial charge in [0, 0.05) is 0 Å². The Morgan fingerprint density at radius 3 is 2.25 bits per heavy atom. The average Bonchev–Trinajstić information content (AvgIpc) is 2.67. The zero-order valence-electron chi connectivity index (χ0n) is 7.47. The predicted molar refractivity (Wildman–Crippen MR) is 49.6 cm³/mol. The highest BCUT2D eigenvalue weighted by Crippen LogP contribution is 2.30. The van der Waals surface area contributed by atoms with Crippen LogP contribution in [0.4, 0.5) is 22.7 Å². The van der Waals surface area contributed by atoms with E-state index < -0.39 is 28.8 Å². The second-order valence-electron chi connectivity index (χ2n) is 2.79. The third-order valence-corrected chi connectivity index (χ3v) is 2.56. The minimum absolute atomic E-state index is 0.0135. The van der Waals surface area contributed by atoms with E-state index in [4.69, 9.17) is 5.73 Å². The topological polar surface area (TPSA) is 51.8 Å². The zero-order valence-corrected chi connectivity index (χ0v) is 8.29. The number of nitrogens with two attached hydrogens (primary N) is 1. The van der Waals surface area contributed by atoms with Crippen LogP contribution in [0.3, 0.4) is 0 Å². The molecule has 0 aliphatic rings. The molecule has 16 heavy (non-hydrogen) atoms. The second-order valence-corrected chi connectivity index (χ2v) is 3.80. The van der Waals surface area contributed by atoms with Gasteiger partial charge in [-0.15, -0.1) is 10.2 Å². The van der Waals surface area contributed by atoms with Crippen LogP contribution < -0.4 is 5.73 Å². The van der Waals surface area contributed by atoms with E-state index in [0.717, 1.165) is 11.3 Å². The molecule has 1 aromatic heterocycles. The number of hydrogen-bond acceptors (Lipinski definition) is 4. The molecule has 84 valence electrons. The minimum Gasteiger partial charge on any atom is -0.374 e. The highest BCUT2D eigenvalue weighted by molar-refractivity contribution is 7.18. The lowest BCUT2D eigenvalue weighted by molar-refractivity contribution is 0.411. The first kappa shape index (κ1) is 10.8. The third kappa shape index (κ3) is 1.60. The van der Waals surface area contributed by atoms with Gasteiger partial charge in [-0.2, -0.15) is 0 Å². The monoisotopic (exact) mass is 249 g/mol. The number of halogens is 4. The molecule has 0 amide bonds. The summed E-state index contributed by atoms with van der Waals surface area (Å²) < 4.78 is 51.6. The molecular formula is C8H3F4N3S. The van der Waals surface area contributed by atoms with Crippen LogP contribution in [-0.2, 0) is 0 Å². The Balaban J connectivity index is 2.66. The minimum atomic E-state index is -1.89. The molecule has 0 atom stereocenters. The van der Waals surface area contributed by atoms with Crippen LogP contribution in [0.2, 0.25) is 0 Å². The van der Waals surface area contributed by atoms with E-state index in [0.29, 0.717) is 6.07 Å².